The molecule has 1 saturated heterocycles. The molecule has 8 heteroatoms. The van der Waals surface area contributed by atoms with E-state index in [0.29, 0.717) is 42.6 Å². The van der Waals surface area contributed by atoms with Crippen molar-refractivity contribution >= 4 is 41.5 Å². The molecule has 0 spiro atoms. The van der Waals surface area contributed by atoms with Crippen LogP contribution in [-0.2, 0) is 9.53 Å². The van der Waals surface area contributed by atoms with Gasteiger partial charge in [-0.05, 0) is 24.5 Å². The Kier molecular flexibility index (Phi) is 8.23. The third kappa shape index (κ3) is 5.20. The minimum atomic E-state index is -0.561. The molecule has 1 amide bonds. The molecular weight excluding hydrogens is 378 g/mol. The molecule has 1 aliphatic heterocycles. The largest absolute Gasteiger partial charge is 0.370 e. The Balaban J connectivity index is 0.00000288. The molecule has 1 aromatic carbocycles. The lowest BCUT2D eigenvalue weighted by Crippen LogP contribution is -2.49. The molecule has 2 atom stereocenters. The number of hydrogen-bond donors (Lipinski definition) is 1. The molecule has 1 unspecified atom stereocenters. The van der Waals surface area contributed by atoms with Crippen molar-refractivity contribution in [1.82, 2.24) is 4.90 Å². The average molecular weight is 400 g/mol. The van der Waals surface area contributed by atoms with Gasteiger partial charge in [-0.15, -0.1) is 12.4 Å². The van der Waals surface area contributed by atoms with Gasteiger partial charge in [0.05, 0.1) is 24.2 Å². The van der Waals surface area contributed by atoms with Crippen LogP contribution in [0.2, 0.25) is 10.0 Å². The van der Waals surface area contributed by atoms with Crippen molar-refractivity contribution in [3.05, 3.63) is 33.6 Å². The molecule has 0 bridgehead atoms. The van der Waals surface area contributed by atoms with Crippen LogP contribution >= 0.6 is 35.6 Å². The smallest absolute Gasteiger partial charge is 0.239 e. The van der Waals surface area contributed by atoms with E-state index in [2.05, 4.69) is 0 Å². The fourth-order valence-electron chi connectivity index (χ4n) is 2.67. The molecule has 0 aromatic heterocycles. The summed E-state index contributed by atoms with van der Waals surface area (Å²) in [5.41, 5.74) is 6.46. The third-order valence-electron chi connectivity index (χ3n) is 3.81. The number of rotatable bonds is 4. The Morgan fingerprint density at radius 1 is 1.42 bits per heavy atom. The van der Waals surface area contributed by atoms with Crippen molar-refractivity contribution in [3.8, 4) is 0 Å². The van der Waals surface area contributed by atoms with E-state index in [1.807, 2.05) is 13.8 Å². The molecule has 1 fully saturated rings. The minimum absolute atomic E-state index is 0. The molecule has 1 aromatic rings. The number of carbonyl (C=O) groups excluding carboxylic acids is 1. The monoisotopic (exact) mass is 398 g/mol. The van der Waals surface area contributed by atoms with Gasteiger partial charge in [-0.25, -0.2) is 4.39 Å². The van der Waals surface area contributed by atoms with Crippen LogP contribution < -0.4 is 5.73 Å². The summed E-state index contributed by atoms with van der Waals surface area (Å²) in [5, 5.41) is 0.281. The number of halogens is 4. The Hall–Kier alpha value is -0.590. The maximum atomic E-state index is 13.7. The first-order chi connectivity index (χ1) is 10.8. The van der Waals surface area contributed by atoms with Crippen molar-refractivity contribution in [2.24, 2.45) is 11.7 Å². The van der Waals surface area contributed by atoms with Crippen LogP contribution in [0.25, 0.3) is 0 Å². The van der Waals surface area contributed by atoms with Crippen molar-refractivity contribution in [1.29, 1.82) is 0 Å². The zero-order valence-corrected chi connectivity index (χ0v) is 15.9. The summed E-state index contributed by atoms with van der Waals surface area (Å²) in [6, 6.07) is 2.07. The zero-order valence-electron chi connectivity index (χ0n) is 13.6. The molecule has 0 aliphatic carbocycles. The van der Waals surface area contributed by atoms with Gasteiger partial charge in [-0.1, -0.05) is 37.0 Å². The summed E-state index contributed by atoms with van der Waals surface area (Å²) < 4.78 is 19.3. The quantitative estimate of drug-likeness (QED) is 0.783. The van der Waals surface area contributed by atoms with Gasteiger partial charge in [0.2, 0.25) is 5.91 Å². The Labute approximate surface area is 157 Å². The third-order valence-corrected chi connectivity index (χ3v) is 4.42. The van der Waals surface area contributed by atoms with Gasteiger partial charge in [0, 0.05) is 17.1 Å². The maximum Gasteiger partial charge on any atom is 0.239 e. The van der Waals surface area contributed by atoms with Crippen LogP contribution in [0.1, 0.15) is 31.9 Å². The van der Waals surface area contributed by atoms with Crippen molar-refractivity contribution in [2.45, 2.75) is 32.4 Å². The van der Waals surface area contributed by atoms with Crippen LogP contribution in [0.4, 0.5) is 4.39 Å². The zero-order chi connectivity index (χ0) is 17.1. The first kappa shape index (κ1) is 21.5. The summed E-state index contributed by atoms with van der Waals surface area (Å²) >= 11 is 11.8. The predicted molar refractivity (Wildman–Crippen MR) is 96.4 cm³/mol. The lowest BCUT2D eigenvalue weighted by Gasteiger charge is -2.35. The number of nitrogens with zero attached hydrogens (tertiary/aromatic N) is 1. The lowest BCUT2D eigenvalue weighted by molar-refractivity contribution is -0.140. The summed E-state index contributed by atoms with van der Waals surface area (Å²) in [7, 11) is 0. The van der Waals surface area contributed by atoms with Gasteiger partial charge in [0.15, 0.2) is 0 Å². The second-order valence-corrected chi connectivity index (χ2v) is 6.98. The fourth-order valence-corrected chi connectivity index (χ4v) is 3.17. The second-order valence-electron chi connectivity index (χ2n) is 6.17. The summed E-state index contributed by atoms with van der Waals surface area (Å²) in [5.74, 6) is -0.335. The molecule has 24 heavy (non-hydrogen) atoms. The Morgan fingerprint density at radius 2 is 2.08 bits per heavy atom. The number of nitrogens with two attached hydrogens (primary N) is 1. The van der Waals surface area contributed by atoms with E-state index in [-0.39, 0.29) is 23.3 Å². The topological polar surface area (TPSA) is 55.6 Å². The van der Waals surface area contributed by atoms with Crippen LogP contribution in [0.5, 0.6) is 0 Å². The van der Waals surface area contributed by atoms with Gasteiger partial charge in [0.1, 0.15) is 11.9 Å². The molecule has 1 aliphatic rings. The number of benzene rings is 1. The number of ether oxygens (including phenoxy) is 1. The van der Waals surface area contributed by atoms with Crippen LogP contribution in [0.15, 0.2) is 12.1 Å². The van der Waals surface area contributed by atoms with E-state index in [9.17, 15) is 9.18 Å². The highest BCUT2D eigenvalue weighted by Crippen LogP contribution is 2.32. The molecule has 0 radical (unpaired) electrons. The lowest BCUT2D eigenvalue weighted by atomic mass is 10.0. The van der Waals surface area contributed by atoms with Gasteiger partial charge in [0.25, 0.3) is 0 Å². The van der Waals surface area contributed by atoms with Gasteiger partial charge in [-0.2, -0.15) is 0 Å². The number of hydrogen-bond acceptors (Lipinski definition) is 3. The maximum absolute atomic E-state index is 13.7. The standard InChI is InChI=1S/C16H21Cl2FN2O2.ClH/c1-9(2)5-14(20)16(22)21-3-4-23-15(8-21)10-6-13(19)12(18)7-11(10)17;/h6-7,9,14-15H,3-5,8,20H2,1-2H3;1H/t14-,15?;/m0./s1. The minimum Gasteiger partial charge on any atom is -0.370 e. The van der Waals surface area contributed by atoms with E-state index < -0.39 is 18.0 Å². The molecule has 2 rings (SSSR count). The Bertz CT molecular complexity index is 587. The van der Waals surface area contributed by atoms with E-state index in [1.54, 1.807) is 4.90 Å². The van der Waals surface area contributed by atoms with E-state index in [4.69, 9.17) is 33.7 Å². The highest BCUT2D eigenvalue weighted by molar-refractivity contribution is 6.35. The predicted octanol–water partition coefficient (Wildman–Crippen LogP) is 3.83. The normalized spacial score (nSPS) is 19.1. The van der Waals surface area contributed by atoms with Gasteiger partial charge >= 0.3 is 0 Å². The van der Waals surface area contributed by atoms with Crippen molar-refractivity contribution in [2.75, 3.05) is 19.7 Å². The Morgan fingerprint density at radius 3 is 2.71 bits per heavy atom. The molecule has 136 valence electrons. The molecule has 2 N–H and O–H groups in total. The van der Waals surface area contributed by atoms with Gasteiger partial charge in [-0.3, -0.25) is 4.79 Å². The van der Waals surface area contributed by atoms with E-state index >= 15 is 0 Å². The molecule has 4 nitrogen and oxygen atoms in total. The van der Waals surface area contributed by atoms with Crippen LogP contribution in [0, 0.1) is 11.7 Å². The molecule has 0 saturated carbocycles. The second kappa shape index (κ2) is 9.20. The average Bonchev–Trinajstić information content (AvgIpc) is 2.49. The van der Waals surface area contributed by atoms with Crippen molar-refractivity contribution in [3.63, 3.8) is 0 Å². The fraction of sp³-hybridized carbons (Fsp3) is 0.562. The first-order valence-corrected chi connectivity index (χ1v) is 8.35. The SMILES string of the molecule is CC(C)C[C@H](N)C(=O)N1CCOC(c2cc(F)c(Cl)cc2Cl)C1.Cl. The summed E-state index contributed by atoms with van der Waals surface area (Å²) in [4.78, 5) is 14.1. The summed E-state index contributed by atoms with van der Waals surface area (Å²) in [6.45, 7) is 5.16. The molecule has 1 heterocycles. The van der Waals surface area contributed by atoms with Crippen LogP contribution in [0.3, 0.4) is 0 Å². The number of amides is 1. The number of carbonyl (C=O) groups is 1. The number of morpholine rings is 1. The highest BCUT2D eigenvalue weighted by Gasteiger charge is 2.30. The van der Waals surface area contributed by atoms with E-state index in [1.165, 1.54) is 12.1 Å². The van der Waals surface area contributed by atoms with Crippen molar-refractivity contribution < 1.29 is 13.9 Å². The molecular formula is C16H22Cl3FN2O2. The first-order valence-electron chi connectivity index (χ1n) is 7.60. The van der Waals surface area contributed by atoms with Crippen LogP contribution in [-0.4, -0.2) is 36.5 Å². The van der Waals surface area contributed by atoms with E-state index in [0.717, 1.165) is 0 Å². The highest BCUT2D eigenvalue weighted by atomic mass is 35.5. The summed E-state index contributed by atoms with van der Waals surface area (Å²) in [6.07, 6.45) is 0.134. The van der Waals surface area contributed by atoms with Gasteiger partial charge < -0.3 is 15.4 Å².